The van der Waals surface area contributed by atoms with Gasteiger partial charge in [0.05, 0.1) is 24.5 Å². The van der Waals surface area contributed by atoms with Gasteiger partial charge in [-0.3, -0.25) is 0 Å². The second-order valence-corrected chi connectivity index (χ2v) is 6.08. The lowest BCUT2D eigenvalue weighted by molar-refractivity contribution is -0.0796. The zero-order chi connectivity index (χ0) is 19.4. The molecule has 0 unspecified atom stereocenters. The minimum Gasteiger partial charge on any atom is -0.486 e. The summed E-state index contributed by atoms with van der Waals surface area (Å²) < 4.78 is 50.7. The van der Waals surface area contributed by atoms with Crippen LogP contribution in [0.5, 0.6) is 5.75 Å². The van der Waals surface area contributed by atoms with Gasteiger partial charge in [0, 0.05) is 29.6 Å². The van der Waals surface area contributed by atoms with Crippen molar-refractivity contribution >= 4 is 11.4 Å². The highest BCUT2D eigenvalue weighted by Crippen LogP contribution is 2.28. The maximum absolute atomic E-state index is 14.2. The minimum atomic E-state index is -2.88. The first-order valence-corrected chi connectivity index (χ1v) is 8.35. The molecule has 0 aromatic heterocycles. The Bertz CT molecular complexity index is 839. The zero-order valence-corrected chi connectivity index (χ0v) is 14.4. The highest BCUT2D eigenvalue weighted by Gasteiger charge is 2.21. The van der Waals surface area contributed by atoms with E-state index < -0.39 is 17.8 Å². The summed E-state index contributed by atoms with van der Waals surface area (Å²) in [5.74, 6) is -0.342. The van der Waals surface area contributed by atoms with E-state index in [9.17, 15) is 13.2 Å². The number of hydrogen-bond acceptors (Lipinski definition) is 5. The lowest BCUT2D eigenvalue weighted by Crippen LogP contribution is -2.38. The zero-order valence-electron chi connectivity index (χ0n) is 14.4. The van der Waals surface area contributed by atoms with Gasteiger partial charge in [-0.1, -0.05) is 18.2 Å². The number of halogens is 3. The van der Waals surface area contributed by atoms with Crippen molar-refractivity contribution in [1.82, 2.24) is 5.32 Å². The van der Waals surface area contributed by atoms with Gasteiger partial charge in [0.15, 0.2) is 0 Å². The van der Waals surface area contributed by atoms with E-state index in [1.54, 1.807) is 18.2 Å². The summed E-state index contributed by atoms with van der Waals surface area (Å²) in [5, 5.41) is 2.95. The van der Waals surface area contributed by atoms with Crippen LogP contribution in [-0.4, -0.2) is 19.3 Å². The molecule has 1 aliphatic rings. The standard InChI is InChI=1S/C19H20F3N3O2/c20-18-11(2-1-3-14(18)19(21)22)8-25-17(7-23)15-6-12(4-5-16(15)24)27-13-9-26-10-13/h1-7,13,19,25H,8-10,23-24H2/b17-7+. The van der Waals surface area contributed by atoms with Crippen molar-refractivity contribution in [2.75, 3.05) is 18.9 Å². The van der Waals surface area contributed by atoms with Crippen molar-refractivity contribution in [3.63, 3.8) is 0 Å². The Balaban J connectivity index is 1.76. The summed E-state index contributed by atoms with van der Waals surface area (Å²) in [6.07, 6.45) is -1.60. The molecule has 144 valence electrons. The second kappa shape index (κ2) is 8.22. The van der Waals surface area contributed by atoms with E-state index in [1.807, 2.05) is 0 Å². The van der Waals surface area contributed by atoms with E-state index in [0.717, 1.165) is 6.07 Å². The van der Waals surface area contributed by atoms with E-state index in [0.29, 0.717) is 35.9 Å². The number of ether oxygens (including phenoxy) is 2. The average Bonchev–Trinajstić information content (AvgIpc) is 2.61. The smallest absolute Gasteiger partial charge is 0.266 e. The van der Waals surface area contributed by atoms with E-state index in [2.05, 4.69) is 5.32 Å². The van der Waals surface area contributed by atoms with Crippen LogP contribution in [0.15, 0.2) is 42.6 Å². The lowest BCUT2D eigenvalue weighted by atomic mass is 10.1. The number of anilines is 1. The van der Waals surface area contributed by atoms with Crippen LogP contribution >= 0.6 is 0 Å². The van der Waals surface area contributed by atoms with Crippen LogP contribution in [0.3, 0.4) is 0 Å². The number of nitrogens with two attached hydrogens (primary N) is 2. The third kappa shape index (κ3) is 4.28. The fourth-order valence-corrected chi connectivity index (χ4v) is 2.66. The molecule has 1 aliphatic heterocycles. The van der Waals surface area contributed by atoms with Gasteiger partial charge in [-0.2, -0.15) is 0 Å². The van der Waals surface area contributed by atoms with E-state index in [-0.39, 0.29) is 18.2 Å². The first kappa shape index (κ1) is 18.9. The summed E-state index contributed by atoms with van der Waals surface area (Å²) in [6, 6.07) is 9.00. The second-order valence-electron chi connectivity index (χ2n) is 6.08. The van der Waals surface area contributed by atoms with E-state index >= 15 is 0 Å². The van der Waals surface area contributed by atoms with Gasteiger partial charge >= 0.3 is 0 Å². The number of rotatable bonds is 7. The molecule has 0 amide bonds. The highest BCUT2D eigenvalue weighted by atomic mass is 19.3. The van der Waals surface area contributed by atoms with Gasteiger partial charge in [-0.05, 0) is 18.2 Å². The van der Waals surface area contributed by atoms with Crippen LogP contribution in [0.4, 0.5) is 18.9 Å². The van der Waals surface area contributed by atoms with Gasteiger partial charge < -0.3 is 26.3 Å². The van der Waals surface area contributed by atoms with Crippen molar-refractivity contribution in [2.24, 2.45) is 5.73 Å². The van der Waals surface area contributed by atoms with E-state index in [1.165, 1.54) is 18.3 Å². The molecule has 5 nitrogen and oxygen atoms in total. The van der Waals surface area contributed by atoms with Gasteiger partial charge in [0.2, 0.25) is 0 Å². The summed E-state index contributed by atoms with van der Waals surface area (Å²) in [5.41, 5.74) is 12.6. The molecule has 2 aromatic carbocycles. The van der Waals surface area contributed by atoms with Gasteiger partial charge in [0.1, 0.15) is 17.7 Å². The average molecular weight is 379 g/mol. The molecule has 1 fully saturated rings. The van der Waals surface area contributed by atoms with Gasteiger partial charge in [-0.25, -0.2) is 13.2 Å². The summed E-state index contributed by atoms with van der Waals surface area (Å²) in [7, 11) is 0. The quantitative estimate of drug-likeness (QED) is 0.644. The number of benzene rings is 2. The van der Waals surface area contributed by atoms with Crippen molar-refractivity contribution in [3.05, 3.63) is 65.1 Å². The number of hydrogen-bond donors (Lipinski definition) is 3. The van der Waals surface area contributed by atoms with Crippen LogP contribution < -0.4 is 21.5 Å². The molecule has 2 aromatic rings. The monoisotopic (exact) mass is 379 g/mol. The first-order valence-electron chi connectivity index (χ1n) is 8.35. The SMILES string of the molecule is N/C=C(/NCc1cccc(C(F)F)c1F)c1cc(OC2COC2)ccc1N. The Kier molecular flexibility index (Phi) is 5.75. The third-order valence-electron chi connectivity index (χ3n) is 4.20. The first-order chi connectivity index (χ1) is 13.0. The summed E-state index contributed by atoms with van der Waals surface area (Å²) in [4.78, 5) is 0. The van der Waals surface area contributed by atoms with Crippen molar-refractivity contribution in [3.8, 4) is 5.75 Å². The van der Waals surface area contributed by atoms with E-state index in [4.69, 9.17) is 20.9 Å². The van der Waals surface area contributed by atoms with Gasteiger partial charge in [0.25, 0.3) is 6.43 Å². The lowest BCUT2D eigenvalue weighted by Gasteiger charge is -2.27. The number of nitrogen functional groups attached to an aromatic ring is 1. The molecule has 0 aliphatic carbocycles. The molecule has 0 spiro atoms. The van der Waals surface area contributed by atoms with Crippen LogP contribution in [0, 0.1) is 5.82 Å². The highest BCUT2D eigenvalue weighted by molar-refractivity contribution is 5.74. The summed E-state index contributed by atoms with van der Waals surface area (Å²) in [6.45, 7) is 1.02. The molecule has 0 bridgehead atoms. The largest absolute Gasteiger partial charge is 0.486 e. The molecule has 1 saturated heterocycles. The number of alkyl halides is 2. The Morgan fingerprint density at radius 3 is 2.70 bits per heavy atom. The predicted molar refractivity (Wildman–Crippen MR) is 96.5 cm³/mol. The van der Waals surface area contributed by atoms with Crippen LogP contribution in [0.25, 0.3) is 5.70 Å². The van der Waals surface area contributed by atoms with Crippen molar-refractivity contribution in [1.29, 1.82) is 0 Å². The van der Waals surface area contributed by atoms with Gasteiger partial charge in [-0.15, -0.1) is 0 Å². The topological polar surface area (TPSA) is 82.5 Å². The molecule has 0 radical (unpaired) electrons. The molecule has 5 N–H and O–H groups in total. The Hall–Kier alpha value is -2.87. The Morgan fingerprint density at radius 2 is 2.07 bits per heavy atom. The maximum Gasteiger partial charge on any atom is 0.266 e. The third-order valence-corrected chi connectivity index (χ3v) is 4.20. The molecule has 1 heterocycles. The molecule has 0 atom stereocenters. The van der Waals surface area contributed by atoms with Crippen LogP contribution in [0.2, 0.25) is 0 Å². The fourth-order valence-electron chi connectivity index (χ4n) is 2.66. The van der Waals surface area contributed by atoms with Crippen LogP contribution in [-0.2, 0) is 11.3 Å². The normalized spacial score (nSPS) is 14.9. The minimum absolute atomic E-state index is 0.00841. The molecule has 0 saturated carbocycles. The van der Waals surface area contributed by atoms with Crippen LogP contribution in [0.1, 0.15) is 23.1 Å². The molecule has 8 heteroatoms. The number of nitrogens with one attached hydrogen (secondary N) is 1. The summed E-state index contributed by atoms with van der Waals surface area (Å²) >= 11 is 0. The molecule has 3 rings (SSSR count). The molecular weight excluding hydrogens is 359 g/mol. The Labute approximate surface area is 154 Å². The molecule has 27 heavy (non-hydrogen) atoms. The Morgan fingerprint density at radius 1 is 1.30 bits per heavy atom. The molecular formula is C19H20F3N3O2. The fraction of sp³-hybridized carbons (Fsp3) is 0.263. The maximum atomic E-state index is 14.2. The predicted octanol–water partition coefficient (Wildman–Crippen LogP) is 3.17. The van der Waals surface area contributed by atoms with Crippen molar-refractivity contribution in [2.45, 2.75) is 19.1 Å². The van der Waals surface area contributed by atoms with Crippen molar-refractivity contribution < 1.29 is 22.6 Å².